The van der Waals surface area contributed by atoms with Crippen LogP contribution >= 0.6 is 0 Å². The standard InChI is InChI=1S/C23H44N4O2/c1-19(2)16-26-11-6-7-20(17-26)15-25-23(24-3)27-12-9-21(10-13-27)29-18-22-8-4-5-14-28-22/h19-22H,4-18H2,1-3H3,(H,24,25). The van der Waals surface area contributed by atoms with Crippen molar-refractivity contribution in [3.63, 3.8) is 0 Å². The largest absolute Gasteiger partial charge is 0.376 e. The van der Waals surface area contributed by atoms with Crippen molar-refractivity contribution < 1.29 is 9.47 Å². The molecule has 168 valence electrons. The maximum atomic E-state index is 6.17. The molecule has 2 atom stereocenters. The molecule has 29 heavy (non-hydrogen) atoms. The zero-order valence-electron chi connectivity index (χ0n) is 19.1. The van der Waals surface area contributed by atoms with Gasteiger partial charge in [-0.3, -0.25) is 4.99 Å². The molecule has 0 saturated carbocycles. The lowest BCUT2D eigenvalue weighted by Crippen LogP contribution is -2.49. The summed E-state index contributed by atoms with van der Waals surface area (Å²) in [5.41, 5.74) is 0. The van der Waals surface area contributed by atoms with Crippen LogP contribution in [0.15, 0.2) is 4.99 Å². The number of hydrogen-bond acceptors (Lipinski definition) is 4. The Kier molecular flexibility index (Phi) is 9.53. The third-order valence-electron chi connectivity index (χ3n) is 6.52. The number of nitrogens with zero attached hydrogens (tertiary/aromatic N) is 3. The van der Waals surface area contributed by atoms with Crippen LogP contribution < -0.4 is 5.32 Å². The van der Waals surface area contributed by atoms with E-state index in [2.05, 4.69) is 34.0 Å². The predicted octanol–water partition coefficient (Wildman–Crippen LogP) is 2.98. The molecular weight excluding hydrogens is 364 g/mol. The van der Waals surface area contributed by atoms with E-state index in [4.69, 9.17) is 9.47 Å². The smallest absolute Gasteiger partial charge is 0.193 e. The second-order valence-corrected chi connectivity index (χ2v) is 9.60. The predicted molar refractivity (Wildman–Crippen MR) is 120 cm³/mol. The second kappa shape index (κ2) is 12.1. The molecule has 3 aliphatic rings. The van der Waals surface area contributed by atoms with Crippen LogP contribution in [0.2, 0.25) is 0 Å². The van der Waals surface area contributed by atoms with Crippen LogP contribution in [0.25, 0.3) is 0 Å². The van der Waals surface area contributed by atoms with Gasteiger partial charge >= 0.3 is 0 Å². The molecule has 3 aliphatic heterocycles. The number of nitrogens with one attached hydrogen (secondary N) is 1. The minimum Gasteiger partial charge on any atom is -0.376 e. The number of likely N-dealkylation sites (tertiary alicyclic amines) is 2. The minimum absolute atomic E-state index is 0.321. The van der Waals surface area contributed by atoms with Gasteiger partial charge in [0, 0.05) is 46.4 Å². The molecule has 0 spiro atoms. The fourth-order valence-electron chi connectivity index (χ4n) is 4.98. The van der Waals surface area contributed by atoms with Crippen LogP contribution in [0.5, 0.6) is 0 Å². The normalized spacial score (nSPS) is 28.1. The first-order valence-electron chi connectivity index (χ1n) is 12.0. The molecule has 2 unspecified atom stereocenters. The van der Waals surface area contributed by atoms with Gasteiger partial charge in [-0.25, -0.2) is 0 Å². The molecule has 6 nitrogen and oxygen atoms in total. The van der Waals surface area contributed by atoms with E-state index in [9.17, 15) is 0 Å². The first-order valence-corrected chi connectivity index (χ1v) is 12.0. The third kappa shape index (κ3) is 7.72. The number of hydrogen-bond donors (Lipinski definition) is 1. The molecule has 1 N–H and O–H groups in total. The number of piperidine rings is 2. The average molecular weight is 409 g/mol. The molecule has 3 fully saturated rings. The lowest BCUT2D eigenvalue weighted by Gasteiger charge is -2.37. The summed E-state index contributed by atoms with van der Waals surface area (Å²) in [6, 6.07) is 0. The van der Waals surface area contributed by atoms with Gasteiger partial charge in [-0.1, -0.05) is 13.8 Å². The Morgan fingerprint density at radius 3 is 2.62 bits per heavy atom. The Bertz CT molecular complexity index is 485. The molecule has 3 heterocycles. The van der Waals surface area contributed by atoms with Crippen LogP contribution in [-0.2, 0) is 9.47 Å². The monoisotopic (exact) mass is 408 g/mol. The summed E-state index contributed by atoms with van der Waals surface area (Å²) in [5, 5.41) is 3.67. The van der Waals surface area contributed by atoms with Gasteiger partial charge in [0.05, 0.1) is 18.8 Å². The third-order valence-corrected chi connectivity index (χ3v) is 6.52. The van der Waals surface area contributed by atoms with E-state index in [0.717, 1.165) is 69.9 Å². The first kappa shape index (κ1) is 22.8. The average Bonchev–Trinajstić information content (AvgIpc) is 2.74. The van der Waals surface area contributed by atoms with Gasteiger partial charge in [0.25, 0.3) is 0 Å². The SMILES string of the molecule is CN=C(NCC1CCCN(CC(C)C)C1)N1CCC(OCC2CCCCO2)CC1. The van der Waals surface area contributed by atoms with E-state index in [0.29, 0.717) is 12.2 Å². The van der Waals surface area contributed by atoms with Crippen molar-refractivity contribution in [1.29, 1.82) is 0 Å². The molecule has 3 saturated heterocycles. The quantitative estimate of drug-likeness (QED) is 0.518. The Morgan fingerprint density at radius 2 is 1.93 bits per heavy atom. The maximum absolute atomic E-state index is 6.17. The summed E-state index contributed by atoms with van der Waals surface area (Å²) in [6.45, 7) is 13.1. The zero-order valence-corrected chi connectivity index (χ0v) is 19.1. The summed E-state index contributed by atoms with van der Waals surface area (Å²) in [6.07, 6.45) is 9.16. The number of ether oxygens (including phenoxy) is 2. The van der Waals surface area contributed by atoms with Crippen LogP contribution in [-0.4, -0.2) is 87.5 Å². The summed E-state index contributed by atoms with van der Waals surface area (Å²) in [5.74, 6) is 2.55. The number of guanidine groups is 1. The zero-order chi connectivity index (χ0) is 20.5. The van der Waals surface area contributed by atoms with Crippen LogP contribution in [0, 0.1) is 11.8 Å². The summed E-state index contributed by atoms with van der Waals surface area (Å²) in [7, 11) is 1.91. The van der Waals surface area contributed by atoms with Crippen LogP contribution in [0.4, 0.5) is 0 Å². The summed E-state index contributed by atoms with van der Waals surface area (Å²) >= 11 is 0. The molecule has 0 bridgehead atoms. The minimum atomic E-state index is 0.321. The number of rotatable bonds is 7. The maximum Gasteiger partial charge on any atom is 0.193 e. The molecule has 0 aromatic rings. The van der Waals surface area contributed by atoms with E-state index in [1.807, 2.05) is 7.05 Å². The summed E-state index contributed by atoms with van der Waals surface area (Å²) < 4.78 is 12.0. The van der Waals surface area contributed by atoms with E-state index in [-0.39, 0.29) is 0 Å². The van der Waals surface area contributed by atoms with Crippen molar-refractivity contribution in [1.82, 2.24) is 15.1 Å². The van der Waals surface area contributed by atoms with Crippen molar-refractivity contribution in [3.8, 4) is 0 Å². The highest BCUT2D eigenvalue weighted by molar-refractivity contribution is 5.79. The fourth-order valence-corrected chi connectivity index (χ4v) is 4.98. The van der Waals surface area contributed by atoms with E-state index >= 15 is 0 Å². The van der Waals surface area contributed by atoms with Gasteiger partial charge in [0.15, 0.2) is 5.96 Å². The van der Waals surface area contributed by atoms with E-state index < -0.39 is 0 Å². The second-order valence-electron chi connectivity index (χ2n) is 9.60. The molecule has 0 aromatic carbocycles. The molecule has 0 aromatic heterocycles. The van der Waals surface area contributed by atoms with Crippen molar-refractivity contribution in [3.05, 3.63) is 0 Å². The summed E-state index contributed by atoms with van der Waals surface area (Å²) in [4.78, 5) is 9.61. The van der Waals surface area contributed by atoms with Gasteiger partial charge in [0.2, 0.25) is 0 Å². The van der Waals surface area contributed by atoms with Gasteiger partial charge in [-0.15, -0.1) is 0 Å². The Labute approximate surface area is 178 Å². The van der Waals surface area contributed by atoms with Crippen molar-refractivity contribution >= 4 is 5.96 Å². The molecule has 0 radical (unpaired) electrons. The van der Waals surface area contributed by atoms with E-state index in [1.165, 1.54) is 45.3 Å². The molecule has 6 heteroatoms. The van der Waals surface area contributed by atoms with Gasteiger partial charge < -0.3 is 24.6 Å². The Hall–Kier alpha value is -0.850. The Balaban J connectivity index is 1.34. The van der Waals surface area contributed by atoms with Crippen molar-refractivity contribution in [2.24, 2.45) is 16.8 Å². The molecular formula is C23H44N4O2. The highest BCUT2D eigenvalue weighted by atomic mass is 16.5. The number of aliphatic imine (C=N–C) groups is 1. The fraction of sp³-hybridized carbons (Fsp3) is 0.957. The highest BCUT2D eigenvalue weighted by Crippen LogP contribution is 2.19. The molecule has 0 aliphatic carbocycles. The molecule has 0 amide bonds. The first-order chi connectivity index (χ1) is 14.1. The van der Waals surface area contributed by atoms with Gasteiger partial charge in [-0.2, -0.15) is 0 Å². The van der Waals surface area contributed by atoms with E-state index in [1.54, 1.807) is 0 Å². The lowest BCUT2D eigenvalue weighted by molar-refractivity contribution is -0.0721. The topological polar surface area (TPSA) is 49.3 Å². The lowest BCUT2D eigenvalue weighted by atomic mass is 9.97. The van der Waals surface area contributed by atoms with Crippen LogP contribution in [0.1, 0.15) is 58.8 Å². The highest BCUT2D eigenvalue weighted by Gasteiger charge is 2.25. The van der Waals surface area contributed by atoms with Crippen molar-refractivity contribution in [2.45, 2.75) is 71.0 Å². The van der Waals surface area contributed by atoms with Crippen molar-refractivity contribution in [2.75, 3.05) is 59.5 Å². The molecule has 3 rings (SSSR count). The van der Waals surface area contributed by atoms with Crippen LogP contribution in [0.3, 0.4) is 0 Å². The van der Waals surface area contributed by atoms with Gasteiger partial charge in [0.1, 0.15) is 0 Å². The van der Waals surface area contributed by atoms with Gasteiger partial charge in [-0.05, 0) is 63.3 Å². The Morgan fingerprint density at radius 1 is 1.10 bits per heavy atom.